The lowest BCUT2D eigenvalue weighted by molar-refractivity contribution is -0.191. The second-order valence-corrected chi connectivity index (χ2v) is 12.2. The highest BCUT2D eigenvalue weighted by Gasteiger charge is 2.44. The molecule has 2 aliphatic carbocycles. The van der Waals surface area contributed by atoms with Gasteiger partial charge in [0.1, 0.15) is 30.1 Å². The number of Topliss-reactive ketones (excluding diaryl/α,β-unsaturated/α-hetero) is 1. The number of hydrogen-bond acceptors (Lipinski definition) is 11. The second-order valence-electron chi connectivity index (χ2n) is 12.2. The van der Waals surface area contributed by atoms with Crippen LogP contribution in [-0.2, 0) is 25.4 Å². The lowest BCUT2D eigenvalue weighted by atomic mass is 9.69. The van der Waals surface area contributed by atoms with Crippen molar-refractivity contribution in [3.8, 4) is 17.2 Å². The molecule has 4 aliphatic rings. The number of benzene rings is 2. The molecule has 11 heteroatoms. The number of carbonyl (C=O) groups excluding carboxylic acids is 3. The van der Waals surface area contributed by atoms with Crippen molar-refractivity contribution in [2.24, 2.45) is 5.92 Å². The van der Waals surface area contributed by atoms with Crippen molar-refractivity contribution in [3.63, 3.8) is 0 Å². The molecule has 2 fully saturated rings. The van der Waals surface area contributed by atoms with Crippen LogP contribution in [0.4, 0.5) is 0 Å². The molecule has 2 heterocycles. The Labute approximate surface area is 255 Å². The Morgan fingerprint density at radius 1 is 1.05 bits per heavy atom. The van der Waals surface area contributed by atoms with Gasteiger partial charge in [-0.1, -0.05) is 12.1 Å². The average Bonchev–Trinajstić information content (AvgIpc) is 3.02. The number of aliphatic hydroxyl groups excluding tert-OH is 1. The lowest BCUT2D eigenvalue weighted by Gasteiger charge is -2.41. The van der Waals surface area contributed by atoms with Crippen molar-refractivity contribution in [2.75, 3.05) is 26.9 Å². The number of ketones is 3. The van der Waals surface area contributed by atoms with Gasteiger partial charge in [0.2, 0.25) is 5.78 Å². The van der Waals surface area contributed by atoms with Gasteiger partial charge in [-0.15, -0.1) is 0 Å². The Kier molecular flexibility index (Phi) is 8.51. The molecule has 4 N–H and O–H groups in total. The van der Waals surface area contributed by atoms with Crippen LogP contribution in [0.15, 0.2) is 18.2 Å². The van der Waals surface area contributed by atoms with Gasteiger partial charge in [0.05, 0.1) is 54.8 Å². The number of nitrogens with one attached hydrogen (secondary N) is 1. The monoisotopic (exact) mass is 609 g/mol. The first-order chi connectivity index (χ1) is 21.1. The van der Waals surface area contributed by atoms with E-state index in [1.807, 2.05) is 13.8 Å². The van der Waals surface area contributed by atoms with Crippen LogP contribution in [0.25, 0.3) is 0 Å². The maximum absolute atomic E-state index is 13.8. The molecule has 0 radical (unpaired) electrons. The van der Waals surface area contributed by atoms with Gasteiger partial charge >= 0.3 is 0 Å². The fourth-order valence-electron chi connectivity index (χ4n) is 7.41. The standard InChI is InChI=1S/C33H39NO10/c1-15-23(44-33-16(2)42-10-9-34-33)8-7-19(43-15)12-18-11-17(22(36)14-35)13-21-25(18)31(39)28-27(30(21)38)29(37)20-5-4-6-24(41-3)26(20)32(28)40/h4-6,15-19,23,33-35,38-39H,7-14H2,1-3H3/t15-,16+,17-,18+,19+,23?,33+/m0/s1. The number of morpholine rings is 1. The van der Waals surface area contributed by atoms with Crippen LogP contribution in [0.5, 0.6) is 17.2 Å². The summed E-state index contributed by atoms with van der Waals surface area (Å²) in [7, 11) is 1.39. The summed E-state index contributed by atoms with van der Waals surface area (Å²) in [6.45, 7) is 4.59. The normalized spacial score (nSPS) is 29.9. The molecular formula is C33H39NO10. The number of aliphatic hydroxyl groups is 1. The average molecular weight is 610 g/mol. The zero-order valence-corrected chi connectivity index (χ0v) is 25.1. The van der Waals surface area contributed by atoms with Crippen LogP contribution < -0.4 is 10.1 Å². The predicted octanol–water partition coefficient (Wildman–Crippen LogP) is 2.77. The smallest absolute Gasteiger partial charge is 0.202 e. The summed E-state index contributed by atoms with van der Waals surface area (Å²) in [5, 5.41) is 36.3. The van der Waals surface area contributed by atoms with E-state index in [1.54, 1.807) is 12.1 Å². The maximum Gasteiger partial charge on any atom is 0.202 e. The maximum atomic E-state index is 13.8. The molecule has 0 bridgehead atoms. The molecular weight excluding hydrogens is 570 g/mol. The molecule has 11 nitrogen and oxygen atoms in total. The molecule has 2 aromatic rings. The third-order valence-corrected chi connectivity index (χ3v) is 9.63. The van der Waals surface area contributed by atoms with E-state index in [1.165, 1.54) is 13.2 Å². The second kappa shape index (κ2) is 12.2. The van der Waals surface area contributed by atoms with Crippen LogP contribution in [0, 0.1) is 5.92 Å². The van der Waals surface area contributed by atoms with Crippen molar-refractivity contribution < 1.29 is 48.7 Å². The summed E-state index contributed by atoms with van der Waals surface area (Å²) in [5.74, 6) is -3.34. The molecule has 6 rings (SSSR count). The Hall–Kier alpha value is -3.35. The number of ether oxygens (including phenoxy) is 4. The topological polar surface area (TPSA) is 161 Å². The molecule has 0 amide bonds. The van der Waals surface area contributed by atoms with Gasteiger partial charge in [-0.25, -0.2) is 0 Å². The van der Waals surface area contributed by atoms with E-state index < -0.39 is 41.5 Å². The number of methoxy groups -OCH3 is 1. The van der Waals surface area contributed by atoms with Crippen molar-refractivity contribution in [1.82, 2.24) is 5.32 Å². The fourth-order valence-corrected chi connectivity index (χ4v) is 7.41. The van der Waals surface area contributed by atoms with E-state index in [2.05, 4.69) is 5.32 Å². The fraction of sp³-hybridized carbons (Fsp3) is 0.545. The zero-order chi connectivity index (χ0) is 31.3. The zero-order valence-electron chi connectivity index (χ0n) is 25.1. The highest BCUT2D eigenvalue weighted by molar-refractivity contribution is 6.31. The van der Waals surface area contributed by atoms with Crippen molar-refractivity contribution in [1.29, 1.82) is 0 Å². The number of phenols is 2. The highest BCUT2D eigenvalue weighted by atomic mass is 16.6. The van der Waals surface area contributed by atoms with Gasteiger partial charge < -0.3 is 34.3 Å². The van der Waals surface area contributed by atoms with E-state index in [4.69, 9.17) is 18.9 Å². The molecule has 44 heavy (non-hydrogen) atoms. The molecule has 1 unspecified atom stereocenters. The summed E-state index contributed by atoms with van der Waals surface area (Å²) in [4.78, 5) is 40.2. The van der Waals surface area contributed by atoms with Gasteiger partial charge in [0, 0.05) is 29.2 Å². The van der Waals surface area contributed by atoms with Gasteiger partial charge in [0.15, 0.2) is 11.6 Å². The quantitative estimate of drug-likeness (QED) is 0.292. The van der Waals surface area contributed by atoms with Crippen LogP contribution >= 0.6 is 0 Å². The lowest BCUT2D eigenvalue weighted by Crippen LogP contribution is -2.52. The minimum absolute atomic E-state index is 0.0246. The summed E-state index contributed by atoms with van der Waals surface area (Å²) in [6.07, 6.45) is 1.12. The summed E-state index contributed by atoms with van der Waals surface area (Å²) >= 11 is 0. The van der Waals surface area contributed by atoms with Crippen LogP contribution in [-0.4, -0.2) is 90.2 Å². The molecule has 2 aromatic carbocycles. The van der Waals surface area contributed by atoms with Gasteiger partial charge in [-0.3, -0.25) is 19.7 Å². The number of aromatic hydroxyl groups is 2. The predicted molar refractivity (Wildman–Crippen MR) is 157 cm³/mol. The summed E-state index contributed by atoms with van der Waals surface area (Å²) in [5.41, 5.74) is 0.153. The number of carbonyl (C=O) groups is 3. The summed E-state index contributed by atoms with van der Waals surface area (Å²) < 4.78 is 23.8. The highest BCUT2D eigenvalue weighted by Crippen LogP contribution is 2.52. The number of phenolic OH excluding ortho intramolecular Hbond substituents is 2. The molecule has 2 aliphatic heterocycles. The Balaban J connectivity index is 1.33. The largest absolute Gasteiger partial charge is 0.507 e. The van der Waals surface area contributed by atoms with Crippen LogP contribution in [0.1, 0.15) is 88.4 Å². The van der Waals surface area contributed by atoms with Crippen LogP contribution in [0.2, 0.25) is 0 Å². The molecule has 2 saturated heterocycles. The van der Waals surface area contributed by atoms with E-state index >= 15 is 0 Å². The number of hydrogen-bond donors (Lipinski definition) is 4. The molecule has 0 spiro atoms. The van der Waals surface area contributed by atoms with Crippen molar-refractivity contribution in [3.05, 3.63) is 51.6 Å². The third-order valence-electron chi connectivity index (χ3n) is 9.63. The molecule has 236 valence electrons. The van der Waals surface area contributed by atoms with E-state index in [0.717, 1.165) is 6.42 Å². The number of fused-ring (bicyclic) bond motifs is 3. The van der Waals surface area contributed by atoms with Crippen molar-refractivity contribution in [2.45, 2.75) is 82.5 Å². The first-order valence-electron chi connectivity index (χ1n) is 15.3. The van der Waals surface area contributed by atoms with Crippen LogP contribution in [0.3, 0.4) is 0 Å². The molecule has 0 aromatic heterocycles. The Morgan fingerprint density at radius 2 is 1.82 bits per heavy atom. The van der Waals surface area contributed by atoms with E-state index in [9.17, 15) is 29.7 Å². The Bertz CT molecular complexity index is 1490. The SMILES string of the molecule is COc1cccc2c1C(=O)c1c(O)c3c(c(O)c1C2=O)C[C@@H](C(=O)CO)C[C@@H]3C[C@H]1CCC(O[C@H]2NCCO[C@@H]2C)[C@H](C)O1. The van der Waals surface area contributed by atoms with Gasteiger partial charge in [0.25, 0.3) is 0 Å². The first kappa shape index (κ1) is 30.7. The summed E-state index contributed by atoms with van der Waals surface area (Å²) in [6, 6.07) is 4.62. The van der Waals surface area contributed by atoms with Crippen molar-refractivity contribution >= 4 is 17.3 Å². The minimum Gasteiger partial charge on any atom is -0.507 e. The van der Waals surface area contributed by atoms with E-state index in [0.29, 0.717) is 31.6 Å². The van der Waals surface area contributed by atoms with Gasteiger partial charge in [-0.2, -0.15) is 0 Å². The first-order valence-corrected chi connectivity index (χ1v) is 15.3. The molecule has 7 atom stereocenters. The van der Waals surface area contributed by atoms with E-state index in [-0.39, 0.29) is 82.8 Å². The van der Waals surface area contributed by atoms with Gasteiger partial charge in [-0.05, 0) is 57.9 Å². The minimum atomic E-state index is -0.664. The molecule has 0 saturated carbocycles. The number of rotatable bonds is 7. The third kappa shape index (κ3) is 5.20. The Morgan fingerprint density at radius 3 is 2.52 bits per heavy atom.